The predicted octanol–water partition coefficient (Wildman–Crippen LogP) is 3.58. The highest BCUT2D eigenvalue weighted by Crippen LogP contribution is 2.59. The Bertz CT molecular complexity index is 599. The van der Waals surface area contributed by atoms with Crippen LogP contribution >= 0.6 is 11.6 Å². The zero-order valence-corrected chi connectivity index (χ0v) is 11.5. The summed E-state index contributed by atoms with van der Waals surface area (Å²) in [7, 11) is 0. The van der Waals surface area contributed by atoms with Gasteiger partial charge in [-0.05, 0) is 29.0 Å². The molecule has 1 aromatic rings. The van der Waals surface area contributed by atoms with Crippen LogP contribution in [0.5, 0.6) is 0 Å². The minimum atomic E-state index is -0.752. The summed E-state index contributed by atoms with van der Waals surface area (Å²) in [6.07, 6.45) is 3.78. The highest BCUT2D eigenvalue weighted by Gasteiger charge is 2.60. The molecule has 19 heavy (non-hydrogen) atoms. The number of nitriles is 1. The third-order valence-corrected chi connectivity index (χ3v) is 4.10. The van der Waals surface area contributed by atoms with E-state index in [0.29, 0.717) is 10.6 Å². The molecule has 0 aromatic heterocycles. The minimum Gasteiger partial charge on any atom is -0.481 e. The number of rotatable bonds is 3. The van der Waals surface area contributed by atoms with Gasteiger partial charge in [0.15, 0.2) is 0 Å². The lowest BCUT2D eigenvalue weighted by Crippen LogP contribution is -2.02. The summed E-state index contributed by atoms with van der Waals surface area (Å²) < 4.78 is 0. The van der Waals surface area contributed by atoms with E-state index in [-0.39, 0.29) is 17.3 Å². The molecule has 1 aromatic carbocycles. The highest BCUT2D eigenvalue weighted by atomic mass is 35.5. The molecule has 0 aliphatic heterocycles. The molecule has 2 atom stereocenters. The van der Waals surface area contributed by atoms with Gasteiger partial charge in [-0.25, -0.2) is 0 Å². The summed E-state index contributed by atoms with van der Waals surface area (Å²) in [5.74, 6) is -1.03. The molecule has 2 rings (SSSR count). The first-order chi connectivity index (χ1) is 8.87. The van der Waals surface area contributed by atoms with E-state index >= 15 is 0 Å². The topological polar surface area (TPSA) is 61.1 Å². The fraction of sp³-hybridized carbons (Fsp3) is 0.333. The van der Waals surface area contributed by atoms with Gasteiger partial charge in [0.1, 0.15) is 6.07 Å². The van der Waals surface area contributed by atoms with Gasteiger partial charge in [-0.2, -0.15) is 5.26 Å². The van der Waals surface area contributed by atoms with Crippen molar-refractivity contribution in [3.63, 3.8) is 0 Å². The Kier molecular flexibility index (Phi) is 3.38. The number of nitrogens with zero attached hydrogens (tertiary/aromatic N) is 1. The lowest BCUT2D eigenvalue weighted by molar-refractivity contribution is -0.139. The Morgan fingerprint density at radius 1 is 1.53 bits per heavy atom. The summed E-state index contributed by atoms with van der Waals surface area (Å²) in [5, 5.41) is 18.3. The number of carboxylic acids is 1. The number of halogens is 1. The van der Waals surface area contributed by atoms with Gasteiger partial charge >= 0.3 is 5.97 Å². The standard InChI is InChI=1S/C15H14ClNO2/c1-15(2)11(13(15)14(18)19)6-4-9-3-5-10(8-17)12(16)7-9/h3-7,11,13H,1-2H3,(H,18,19)/t11-,13+/m0/s1. The summed E-state index contributed by atoms with van der Waals surface area (Å²) in [6.45, 7) is 3.90. The van der Waals surface area contributed by atoms with Gasteiger partial charge in [-0.15, -0.1) is 0 Å². The Morgan fingerprint density at radius 3 is 2.68 bits per heavy atom. The second-order valence-corrected chi connectivity index (χ2v) is 5.78. The molecular formula is C15H14ClNO2. The van der Waals surface area contributed by atoms with E-state index in [9.17, 15) is 4.79 Å². The lowest BCUT2D eigenvalue weighted by Gasteiger charge is -1.98. The van der Waals surface area contributed by atoms with Crippen molar-refractivity contribution in [2.24, 2.45) is 17.3 Å². The molecular weight excluding hydrogens is 262 g/mol. The van der Waals surface area contributed by atoms with Crippen LogP contribution in [0.15, 0.2) is 24.3 Å². The maximum atomic E-state index is 11.0. The van der Waals surface area contributed by atoms with Gasteiger partial charge in [0.05, 0.1) is 16.5 Å². The van der Waals surface area contributed by atoms with Gasteiger partial charge in [0.25, 0.3) is 0 Å². The summed E-state index contributed by atoms with van der Waals surface area (Å²) >= 11 is 5.95. The van der Waals surface area contributed by atoms with Crippen molar-refractivity contribution in [3.05, 3.63) is 40.4 Å². The zero-order valence-electron chi connectivity index (χ0n) is 10.7. The average molecular weight is 276 g/mol. The Balaban J connectivity index is 2.15. The molecule has 0 saturated heterocycles. The molecule has 0 unspecified atom stereocenters. The van der Waals surface area contributed by atoms with Crippen molar-refractivity contribution in [2.45, 2.75) is 13.8 Å². The van der Waals surface area contributed by atoms with Crippen molar-refractivity contribution >= 4 is 23.6 Å². The van der Waals surface area contributed by atoms with Crippen molar-refractivity contribution < 1.29 is 9.90 Å². The molecule has 0 radical (unpaired) electrons. The molecule has 3 nitrogen and oxygen atoms in total. The fourth-order valence-electron chi connectivity index (χ4n) is 2.45. The summed E-state index contributed by atoms with van der Waals surface area (Å²) in [6, 6.07) is 7.17. The second-order valence-electron chi connectivity index (χ2n) is 5.37. The third-order valence-electron chi connectivity index (χ3n) is 3.79. The van der Waals surface area contributed by atoms with Crippen LogP contribution in [0.1, 0.15) is 25.0 Å². The van der Waals surface area contributed by atoms with Crippen molar-refractivity contribution in [2.75, 3.05) is 0 Å². The number of hydrogen-bond acceptors (Lipinski definition) is 2. The maximum Gasteiger partial charge on any atom is 0.307 e. The van der Waals surface area contributed by atoms with Crippen LogP contribution in [-0.4, -0.2) is 11.1 Å². The fourth-order valence-corrected chi connectivity index (χ4v) is 2.68. The number of hydrogen-bond donors (Lipinski definition) is 1. The molecule has 1 saturated carbocycles. The van der Waals surface area contributed by atoms with E-state index in [1.165, 1.54) is 0 Å². The normalized spacial score (nSPS) is 24.1. The smallest absolute Gasteiger partial charge is 0.307 e. The molecule has 0 spiro atoms. The van der Waals surface area contributed by atoms with Crippen LogP contribution in [0.2, 0.25) is 5.02 Å². The number of allylic oxidation sites excluding steroid dienone is 1. The van der Waals surface area contributed by atoms with Gasteiger partial charge in [-0.1, -0.05) is 43.7 Å². The lowest BCUT2D eigenvalue weighted by atomic mass is 10.1. The molecule has 0 amide bonds. The van der Waals surface area contributed by atoms with Crippen LogP contribution in [0.3, 0.4) is 0 Å². The maximum absolute atomic E-state index is 11.0. The monoisotopic (exact) mass is 275 g/mol. The number of benzene rings is 1. The number of carbonyl (C=O) groups is 1. The predicted molar refractivity (Wildman–Crippen MR) is 73.6 cm³/mol. The first kappa shape index (κ1) is 13.6. The van der Waals surface area contributed by atoms with E-state index in [1.54, 1.807) is 18.2 Å². The van der Waals surface area contributed by atoms with Crippen molar-refractivity contribution in [1.82, 2.24) is 0 Å². The number of carboxylic acid groups (broad SMARTS) is 1. The quantitative estimate of drug-likeness (QED) is 0.917. The zero-order chi connectivity index (χ0) is 14.2. The largest absolute Gasteiger partial charge is 0.481 e. The van der Waals surface area contributed by atoms with Crippen molar-refractivity contribution in [1.29, 1.82) is 5.26 Å². The van der Waals surface area contributed by atoms with E-state index in [1.807, 2.05) is 32.1 Å². The third kappa shape index (κ3) is 2.50. The molecule has 1 aliphatic carbocycles. The highest BCUT2D eigenvalue weighted by molar-refractivity contribution is 6.31. The molecule has 1 fully saturated rings. The van der Waals surface area contributed by atoms with E-state index < -0.39 is 5.97 Å². The van der Waals surface area contributed by atoms with E-state index in [0.717, 1.165) is 5.56 Å². The Morgan fingerprint density at radius 2 is 2.21 bits per heavy atom. The summed E-state index contributed by atoms with van der Waals surface area (Å²) in [4.78, 5) is 11.0. The van der Waals surface area contributed by atoms with Crippen molar-refractivity contribution in [3.8, 4) is 6.07 Å². The Labute approximate surface area is 117 Å². The van der Waals surface area contributed by atoms with Gasteiger partial charge in [0, 0.05) is 0 Å². The van der Waals surface area contributed by atoms with E-state index in [2.05, 4.69) is 0 Å². The van der Waals surface area contributed by atoms with Gasteiger partial charge in [0.2, 0.25) is 0 Å². The van der Waals surface area contributed by atoms with Crippen LogP contribution in [0.25, 0.3) is 6.08 Å². The van der Waals surface area contributed by atoms with E-state index in [4.69, 9.17) is 22.0 Å². The van der Waals surface area contributed by atoms with Crippen LogP contribution < -0.4 is 0 Å². The summed E-state index contributed by atoms with van der Waals surface area (Å²) in [5.41, 5.74) is 1.11. The molecule has 1 aliphatic rings. The molecule has 4 heteroatoms. The SMILES string of the molecule is CC1(C)[C@@H](C=Cc2ccc(C#N)c(Cl)c2)[C@@H]1C(=O)O. The number of aliphatic carboxylic acids is 1. The average Bonchev–Trinajstić information content (AvgIpc) is 2.89. The van der Waals surface area contributed by atoms with Gasteiger partial charge in [-0.3, -0.25) is 4.79 Å². The first-order valence-corrected chi connectivity index (χ1v) is 6.36. The van der Waals surface area contributed by atoms with Crippen LogP contribution in [0.4, 0.5) is 0 Å². The Hall–Kier alpha value is -1.79. The van der Waals surface area contributed by atoms with Gasteiger partial charge < -0.3 is 5.11 Å². The van der Waals surface area contributed by atoms with Crippen LogP contribution in [-0.2, 0) is 4.79 Å². The molecule has 0 bridgehead atoms. The second kappa shape index (κ2) is 4.71. The molecule has 98 valence electrons. The van der Waals surface area contributed by atoms with Crippen LogP contribution in [0, 0.1) is 28.6 Å². The molecule has 1 N–H and O–H groups in total. The minimum absolute atomic E-state index is 0.0411. The molecule has 0 heterocycles. The first-order valence-electron chi connectivity index (χ1n) is 5.98.